The van der Waals surface area contributed by atoms with Gasteiger partial charge in [0.1, 0.15) is 11.9 Å². The van der Waals surface area contributed by atoms with E-state index in [-0.39, 0.29) is 16.9 Å². The minimum atomic E-state index is -0.395. The van der Waals surface area contributed by atoms with Crippen molar-refractivity contribution in [1.29, 1.82) is 5.26 Å². The van der Waals surface area contributed by atoms with Crippen molar-refractivity contribution in [2.24, 2.45) is 5.41 Å². The Labute approximate surface area is 199 Å². The second kappa shape index (κ2) is 9.36. The molecule has 0 bridgehead atoms. The second-order valence-electron chi connectivity index (χ2n) is 9.33. The molecule has 0 spiro atoms. The van der Waals surface area contributed by atoms with E-state index in [0.717, 1.165) is 47.6 Å². The predicted octanol–water partition coefficient (Wildman–Crippen LogP) is 5.91. The Morgan fingerprint density at radius 3 is 2.71 bits per heavy atom. The van der Waals surface area contributed by atoms with Crippen LogP contribution in [0, 0.1) is 23.7 Å². The van der Waals surface area contributed by atoms with Crippen LogP contribution in [0.15, 0.2) is 55.3 Å². The molecular weight excluding hydrogens is 424 g/mol. The highest BCUT2D eigenvalue weighted by molar-refractivity contribution is 6.03. The van der Waals surface area contributed by atoms with E-state index in [2.05, 4.69) is 52.1 Å². The highest BCUT2D eigenvalue weighted by Gasteiger charge is 2.24. The smallest absolute Gasteiger partial charge is 0.291 e. The van der Waals surface area contributed by atoms with E-state index >= 15 is 0 Å². The Kier molecular flexibility index (Phi) is 6.33. The second-order valence-corrected chi connectivity index (χ2v) is 9.33. The number of rotatable bonds is 6. The number of nitriles is 1. The summed E-state index contributed by atoms with van der Waals surface area (Å²) in [5, 5.41) is 15.2. The first-order valence-electron chi connectivity index (χ1n) is 11.2. The number of benzene rings is 1. The minimum Gasteiger partial charge on any atom is -0.340 e. The van der Waals surface area contributed by atoms with Crippen LogP contribution in [0.3, 0.4) is 0 Å². The van der Waals surface area contributed by atoms with Gasteiger partial charge in [-0.05, 0) is 67.0 Å². The highest BCUT2D eigenvalue weighted by Crippen LogP contribution is 2.40. The number of aryl methyl sites for hydroxylation is 1. The monoisotopic (exact) mass is 452 g/mol. The zero-order valence-corrected chi connectivity index (χ0v) is 19.7. The molecule has 0 aliphatic heterocycles. The summed E-state index contributed by atoms with van der Waals surface area (Å²) in [5.74, 6) is 0.434. The molecule has 0 saturated carbocycles. The number of carbonyl (C=O) groups excluding carboxylic acids is 1. The average molecular weight is 453 g/mol. The van der Waals surface area contributed by atoms with Crippen LogP contribution in [0.4, 0.5) is 11.5 Å². The molecule has 3 aromatic rings. The van der Waals surface area contributed by atoms with Gasteiger partial charge in [0.05, 0.1) is 0 Å². The largest absolute Gasteiger partial charge is 0.340 e. The summed E-state index contributed by atoms with van der Waals surface area (Å²) in [4.78, 5) is 24.1. The Balaban J connectivity index is 1.65. The van der Waals surface area contributed by atoms with Gasteiger partial charge in [0.15, 0.2) is 11.5 Å². The van der Waals surface area contributed by atoms with Gasteiger partial charge in [0.2, 0.25) is 0 Å². The number of nitrogens with one attached hydrogen (secondary N) is 3. The van der Waals surface area contributed by atoms with E-state index < -0.39 is 5.91 Å². The Morgan fingerprint density at radius 2 is 2.03 bits per heavy atom. The van der Waals surface area contributed by atoms with Crippen LogP contribution in [0.2, 0.25) is 0 Å². The Morgan fingerprint density at radius 1 is 1.21 bits per heavy atom. The molecule has 0 unspecified atom stereocenters. The van der Waals surface area contributed by atoms with Gasteiger partial charge in [-0.1, -0.05) is 38.6 Å². The molecule has 7 nitrogen and oxygen atoms in total. The topological polar surface area (TPSA) is 106 Å². The molecule has 4 rings (SSSR count). The molecule has 172 valence electrons. The van der Waals surface area contributed by atoms with Crippen molar-refractivity contribution in [2.75, 3.05) is 10.6 Å². The number of amides is 1. The lowest BCUT2D eigenvalue weighted by atomic mass is 9.76. The molecule has 1 aliphatic rings. The fourth-order valence-corrected chi connectivity index (χ4v) is 3.94. The summed E-state index contributed by atoms with van der Waals surface area (Å²) in [7, 11) is 0. The van der Waals surface area contributed by atoms with Crippen LogP contribution in [0.5, 0.6) is 0 Å². The van der Waals surface area contributed by atoms with E-state index in [1.54, 1.807) is 0 Å². The molecule has 3 N–H and O–H groups in total. The first kappa shape index (κ1) is 23.0. The molecule has 1 amide bonds. The maximum Gasteiger partial charge on any atom is 0.291 e. The maximum absolute atomic E-state index is 12.8. The van der Waals surface area contributed by atoms with Crippen molar-refractivity contribution in [3.8, 4) is 6.07 Å². The van der Waals surface area contributed by atoms with Crippen molar-refractivity contribution in [2.45, 2.75) is 40.0 Å². The fourth-order valence-electron chi connectivity index (χ4n) is 3.94. The summed E-state index contributed by atoms with van der Waals surface area (Å²) in [6.07, 6.45) is 6.62. The third-order valence-corrected chi connectivity index (χ3v) is 6.01. The number of aromatic nitrogens is 3. The fraction of sp³-hybridized carbons (Fsp3) is 0.259. The van der Waals surface area contributed by atoms with E-state index in [1.165, 1.54) is 11.8 Å². The predicted molar refractivity (Wildman–Crippen MR) is 135 cm³/mol. The number of hydrogen-bond acceptors (Lipinski definition) is 5. The first-order chi connectivity index (χ1) is 16.2. The highest BCUT2D eigenvalue weighted by atomic mass is 16.2. The zero-order valence-electron chi connectivity index (χ0n) is 19.7. The van der Waals surface area contributed by atoms with Gasteiger partial charge < -0.3 is 15.6 Å². The van der Waals surface area contributed by atoms with Crippen LogP contribution in [-0.2, 0) is 0 Å². The number of hydrogen-bond donors (Lipinski definition) is 3. The quantitative estimate of drug-likeness (QED) is 0.431. The van der Waals surface area contributed by atoms with E-state index in [1.807, 2.05) is 49.4 Å². The lowest BCUT2D eigenvalue weighted by Gasteiger charge is -2.29. The average Bonchev–Trinajstić information content (AvgIpc) is 3.29. The third kappa shape index (κ3) is 5.24. The normalized spacial score (nSPS) is 14.6. The number of imidazole rings is 1. The standard InChI is InChI=1S/C27H28N6O/c1-17-6-5-7-24(30-17)31-18(2)20-8-9-23(33-26(34)25-29-16-21(15-28)32-25)22(14-20)19-10-12-27(3,4)13-11-19/h5-10,14,16H,2,11-13H2,1,3-4H3,(H,29,32)(H,30,31)(H,33,34). The maximum atomic E-state index is 12.8. The molecule has 0 saturated heterocycles. The lowest BCUT2D eigenvalue weighted by Crippen LogP contribution is -2.17. The van der Waals surface area contributed by atoms with Crippen LogP contribution in [-0.4, -0.2) is 20.9 Å². The van der Waals surface area contributed by atoms with E-state index in [9.17, 15) is 4.79 Å². The number of H-pyrrole nitrogens is 1. The molecule has 2 aromatic heterocycles. The van der Waals surface area contributed by atoms with Crippen LogP contribution >= 0.6 is 0 Å². The number of nitrogens with zero attached hydrogens (tertiary/aromatic N) is 3. The van der Waals surface area contributed by atoms with Gasteiger partial charge in [0, 0.05) is 28.8 Å². The van der Waals surface area contributed by atoms with Gasteiger partial charge in [-0.15, -0.1) is 0 Å². The van der Waals surface area contributed by atoms with Gasteiger partial charge >= 0.3 is 0 Å². The summed E-state index contributed by atoms with van der Waals surface area (Å²) in [5.41, 5.74) is 5.81. The molecular formula is C27H28N6O. The molecule has 34 heavy (non-hydrogen) atoms. The van der Waals surface area contributed by atoms with Crippen LogP contribution in [0.1, 0.15) is 66.2 Å². The summed E-state index contributed by atoms with van der Waals surface area (Å²) >= 11 is 0. The molecule has 0 fully saturated rings. The van der Waals surface area contributed by atoms with Gasteiger partial charge in [0.25, 0.3) is 5.91 Å². The lowest BCUT2D eigenvalue weighted by molar-refractivity contribution is 0.101. The van der Waals surface area contributed by atoms with Gasteiger partial charge in [-0.3, -0.25) is 4.79 Å². The van der Waals surface area contributed by atoms with Crippen molar-refractivity contribution in [1.82, 2.24) is 15.0 Å². The molecule has 0 atom stereocenters. The van der Waals surface area contributed by atoms with Gasteiger partial charge in [-0.25, -0.2) is 9.97 Å². The van der Waals surface area contributed by atoms with Gasteiger partial charge in [-0.2, -0.15) is 5.26 Å². The number of anilines is 2. The van der Waals surface area contributed by atoms with Crippen molar-refractivity contribution >= 4 is 28.7 Å². The van der Waals surface area contributed by atoms with Crippen LogP contribution in [0.25, 0.3) is 11.3 Å². The number of allylic oxidation sites excluding steroid dienone is 2. The van der Waals surface area contributed by atoms with E-state index in [0.29, 0.717) is 5.69 Å². The summed E-state index contributed by atoms with van der Waals surface area (Å²) in [6.45, 7) is 10.7. The van der Waals surface area contributed by atoms with E-state index in [4.69, 9.17) is 5.26 Å². The number of aromatic amines is 1. The van der Waals surface area contributed by atoms with Crippen LogP contribution < -0.4 is 10.6 Å². The third-order valence-electron chi connectivity index (χ3n) is 6.01. The summed E-state index contributed by atoms with van der Waals surface area (Å²) < 4.78 is 0. The Bertz CT molecular complexity index is 1320. The Hall–Kier alpha value is -4.18. The van der Waals surface area contributed by atoms with Crippen molar-refractivity contribution in [3.05, 3.63) is 83.6 Å². The molecule has 7 heteroatoms. The van der Waals surface area contributed by atoms with Crippen molar-refractivity contribution in [3.63, 3.8) is 0 Å². The van der Waals surface area contributed by atoms with Crippen molar-refractivity contribution < 1.29 is 4.79 Å². The minimum absolute atomic E-state index is 0.0990. The SMILES string of the molecule is C=C(Nc1cccc(C)n1)c1ccc(NC(=O)c2nc(C#N)c[nH]2)c(C2=CCC(C)(C)CC2)c1. The zero-order chi connectivity index (χ0) is 24.3. The summed E-state index contributed by atoms with van der Waals surface area (Å²) in [6, 6.07) is 13.6. The molecule has 0 radical (unpaired) electrons. The first-order valence-corrected chi connectivity index (χ1v) is 11.2. The number of carbonyl (C=O) groups is 1. The molecule has 2 heterocycles. The molecule has 1 aliphatic carbocycles. The molecule has 1 aromatic carbocycles. The number of pyridine rings is 1.